The minimum Gasteiger partial charge on any atom is -0.352 e. The molecule has 0 spiro atoms. The van der Waals surface area contributed by atoms with Crippen LogP contribution < -0.4 is 5.32 Å². The van der Waals surface area contributed by atoms with Crippen LogP contribution in [0.1, 0.15) is 15.9 Å². The van der Waals surface area contributed by atoms with Gasteiger partial charge in [0, 0.05) is 25.1 Å². The van der Waals surface area contributed by atoms with Gasteiger partial charge in [0.15, 0.2) is 0 Å². The number of halogens is 1. The third kappa shape index (κ3) is 3.97. The van der Waals surface area contributed by atoms with Gasteiger partial charge in [0.05, 0.1) is 28.2 Å². The summed E-state index contributed by atoms with van der Waals surface area (Å²) in [5.74, 6) is -0.161. The first-order valence-electron chi connectivity index (χ1n) is 8.87. The minimum absolute atomic E-state index is 0.161. The summed E-state index contributed by atoms with van der Waals surface area (Å²) in [6.45, 7) is 0.539. The molecule has 4 aromatic rings. The molecule has 0 aliphatic heterocycles. The number of aromatic nitrogens is 4. The van der Waals surface area contributed by atoms with Gasteiger partial charge in [0.25, 0.3) is 5.91 Å². The lowest BCUT2D eigenvalue weighted by Gasteiger charge is -2.06. The number of hydrogen-bond acceptors (Lipinski definition) is 3. The van der Waals surface area contributed by atoms with Crippen LogP contribution in [0.5, 0.6) is 0 Å². The Morgan fingerprint density at radius 1 is 1.00 bits per heavy atom. The van der Waals surface area contributed by atoms with Crippen molar-refractivity contribution in [1.29, 1.82) is 0 Å². The Hall–Kier alpha value is -3.38. The molecule has 1 amide bonds. The van der Waals surface area contributed by atoms with Crippen molar-refractivity contribution in [1.82, 2.24) is 24.9 Å². The summed E-state index contributed by atoms with van der Waals surface area (Å²) in [5.41, 5.74) is 3.38. The summed E-state index contributed by atoms with van der Waals surface area (Å²) >= 11 is 6.18. The van der Waals surface area contributed by atoms with Gasteiger partial charge < -0.3 is 5.32 Å². The zero-order valence-electron chi connectivity index (χ0n) is 15.0. The van der Waals surface area contributed by atoms with E-state index in [2.05, 4.69) is 15.5 Å². The molecule has 140 valence electrons. The van der Waals surface area contributed by atoms with E-state index in [1.807, 2.05) is 59.4 Å². The Bertz CT molecular complexity index is 1070. The standard InChI is InChI=1S/C21H18ClN5O/c22-19-4-1-2-5-20(19)27-15-17(14-25-27)21(28)23-12-10-16-6-8-18(9-7-16)26-13-3-11-24-26/h1-9,11,13-15H,10,12H2,(H,23,28). The van der Waals surface area contributed by atoms with Crippen LogP contribution in [0.15, 0.2) is 79.4 Å². The van der Waals surface area contributed by atoms with E-state index in [1.165, 1.54) is 6.20 Å². The zero-order chi connectivity index (χ0) is 19.3. The molecule has 0 unspecified atom stereocenters. The topological polar surface area (TPSA) is 64.7 Å². The number of carbonyl (C=O) groups is 1. The quantitative estimate of drug-likeness (QED) is 0.545. The molecule has 0 radical (unpaired) electrons. The van der Waals surface area contributed by atoms with Crippen LogP contribution in [0.3, 0.4) is 0 Å². The van der Waals surface area contributed by atoms with Crippen LogP contribution in [-0.4, -0.2) is 32.0 Å². The fourth-order valence-corrected chi connectivity index (χ4v) is 3.09. The normalized spacial score (nSPS) is 10.8. The lowest BCUT2D eigenvalue weighted by molar-refractivity contribution is 0.0954. The predicted octanol–water partition coefficient (Wildman–Crippen LogP) is 3.68. The van der Waals surface area contributed by atoms with Crippen molar-refractivity contribution >= 4 is 17.5 Å². The average molecular weight is 392 g/mol. The van der Waals surface area contributed by atoms with Crippen LogP contribution in [0.25, 0.3) is 11.4 Å². The monoisotopic (exact) mass is 391 g/mol. The lowest BCUT2D eigenvalue weighted by atomic mass is 10.1. The summed E-state index contributed by atoms with van der Waals surface area (Å²) in [5, 5.41) is 11.9. The number of hydrogen-bond donors (Lipinski definition) is 1. The molecule has 28 heavy (non-hydrogen) atoms. The Kier molecular flexibility index (Phi) is 5.21. The summed E-state index contributed by atoms with van der Waals surface area (Å²) in [4.78, 5) is 12.4. The van der Waals surface area contributed by atoms with Crippen molar-refractivity contribution in [3.63, 3.8) is 0 Å². The average Bonchev–Trinajstić information content (AvgIpc) is 3.41. The summed E-state index contributed by atoms with van der Waals surface area (Å²) < 4.78 is 3.41. The number of rotatable bonds is 6. The first kappa shape index (κ1) is 18.0. The zero-order valence-corrected chi connectivity index (χ0v) is 15.8. The number of nitrogens with one attached hydrogen (secondary N) is 1. The molecule has 0 aliphatic carbocycles. The highest BCUT2D eigenvalue weighted by molar-refractivity contribution is 6.32. The maximum Gasteiger partial charge on any atom is 0.254 e. The highest BCUT2D eigenvalue weighted by Gasteiger charge is 2.10. The molecule has 4 rings (SSSR count). The van der Waals surface area contributed by atoms with Crippen molar-refractivity contribution in [3.05, 3.63) is 95.5 Å². The van der Waals surface area contributed by atoms with Gasteiger partial charge in [-0.3, -0.25) is 4.79 Å². The molecule has 0 saturated heterocycles. The first-order chi connectivity index (χ1) is 13.7. The predicted molar refractivity (Wildman–Crippen MR) is 108 cm³/mol. The summed E-state index contributed by atoms with van der Waals surface area (Å²) in [6, 6.07) is 17.4. The Labute approximate surface area is 167 Å². The van der Waals surface area contributed by atoms with Crippen molar-refractivity contribution < 1.29 is 4.79 Å². The minimum atomic E-state index is -0.161. The molecule has 6 nitrogen and oxygen atoms in total. The van der Waals surface area contributed by atoms with Gasteiger partial charge >= 0.3 is 0 Å². The molecule has 2 aromatic heterocycles. The Morgan fingerprint density at radius 3 is 2.57 bits per heavy atom. The molecule has 0 fully saturated rings. The van der Waals surface area contributed by atoms with Crippen LogP contribution in [0, 0.1) is 0 Å². The Balaban J connectivity index is 1.33. The van der Waals surface area contributed by atoms with Crippen molar-refractivity contribution in [2.75, 3.05) is 6.54 Å². The van der Waals surface area contributed by atoms with Crippen molar-refractivity contribution in [3.8, 4) is 11.4 Å². The van der Waals surface area contributed by atoms with Gasteiger partial charge in [-0.25, -0.2) is 9.36 Å². The number of nitrogens with zero attached hydrogens (tertiary/aromatic N) is 4. The highest BCUT2D eigenvalue weighted by atomic mass is 35.5. The third-order valence-corrected chi connectivity index (χ3v) is 4.67. The van der Waals surface area contributed by atoms with E-state index in [9.17, 15) is 4.79 Å². The molecule has 0 aliphatic rings. The maximum atomic E-state index is 12.4. The van der Waals surface area contributed by atoms with E-state index in [1.54, 1.807) is 23.1 Å². The largest absolute Gasteiger partial charge is 0.352 e. The van der Waals surface area contributed by atoms with E-state index in [-0.39, 0.29) is 5.91 Å². The summed E-state index contributed by atoms with van der Waals surface area (Å²) in [7, 11) is 0. The fourth-order valence-electron chi connectivity index (χ4n) is 2.87. The van der Waals surface area contributed by atoms with Gasteiger partial charge in [0.1, 0.15) is 0 Å². The van der Waals surface area contributed by atoms with Crippen molar-refractivity contribution in [2.24, 2.45) is 0 Å². The SMILES string of the molecule is O=C(NCCc1ccc(-n2cccn2)cc1)c1cnn(-c2ccccc2Cl)c1. The second-order valence-corrected chi connectivity index (χ2v) is 6.66. The molecular formula is C21H18ClN5O. The highest BCUT2D eigenvalue weighted by Crippen LogP contribution is 2.19. The van der Waals surface area contributed by atoms with Crippen LogP contribution in [0.4, 0.5) is 0 Å². The molecule has 2 aromatic carbocycles. The third-order valence-electron chi connectivity index (χ3n) is 4.35. The van der Waals surface area contributed by atoms with Crippen LogP contribution in [-0.2, 0) is 6.42 Å². The lowest BCUT2D eigenvalue weighted by Crippen LogP contribution is -2.25. The second-order valence-electron chi connectivity index (χ2n) is 6.25. The van der Waals surface area contributed by atoms with Gasteiger partial charge in [-0.05, 0) is 42.3 Å². The number of carbonyl (C=O) groups excluding carboxylic acids is 1. The van der Waals surface area contributed by atoms with Crippen LogP contribution in [0.2, 0.25) is 5.02 Å². The smallest absolute Gasteiger partial charge is 0.254 e. The Morgan fingerprint density at radius 2 is 1.82 bits per heavy atom. The number of amides is 1. The van der Waals surface area contributed by atoms with E-state index in [4.69, 9.17) is 11.6 Å². The summed E-state index contributed by atoms with van der Waals surface area (Å²) in [6.07, 6.45) is 7.60. The number of benzene rings is 2. The van der Waals surface area contributed by atoms with Crippen LogP contribution >= 0.6 is 11.6 Å². The van der Waals surface area contributed by atoms with Crippen molar-refractivity contribution in [2.45, 2.75) is 6.42 Å². The maximum absolute atomic E-state index is 12.4. The van der Waals surface area contributed by atoms with Gasteiger partial charge in [-0.15, -0.1) is 0 Å². The van der Waals surface area contributed by atoms with Gasteiger partial charge in [0.2, 0.25) is 0 Å². The first-order valence-corrected chi connectivity index (χ1v) is 9.25. The van der Waals surface area contributed by atoms with E-state index in [0.29, 0.717) is 17.1 Å². The molecule has 7 heteroatoms. The number of para-hydroxylation sites is 1. The molecule has 0 bridgehead atoms. The van der Waals surface area contributed by atoms with Gasteiger partial charge in [-0.1, -0.05) is 35.9 Å². The molecule has 0 atom stereocenters. The van der Waals surface area contributed by atoms with E-state index >= 15 is 0 Å². The molecule has 1 N–H and O–H groups in total. The van der Waals surface area contributed by atoms with Gasteiger partial charge in [-0.2, -0.15) is 10.2 Å². The molecule has 0 saturated carbocycles. The molecule has 2 heterocycles. The van der Waals surface area contributed by atoms with E-state index in [0.717, 1.165) is 23.4 Å². The van der Waals surface area contributed by atoms with E-state index < -0.39 is 0 Å². The fraction of sp³-hybridized carbons (Fsp3) is 0.0952. The second kappa shape index (κ2) is 8.10. The molecular weight excluding hydrogens is 374 g/mol.